The summed E-state index contributed by atoms with van der Waals surface area (Å²) in [5, 5.41) is 4.48. The summed E-state index contributed by atoms with van der Waals surface area (Å²) in [6.07, 6.45) is 5.35. The Kier molecular flexibility index (Phi) is 3.72. The first-order valence-electron chi connectivity index (χ1n) is 5.87. The first kappa shape index (κ1) is 13.1. The van der Waals surface area contributed by atoms with Crippen molar-refractivity contribution in [2.45, 2.75) is 18.9 Å². The van der Waals surface area contributed by atoms with Crippen LogP contribution in [0.1, 0.15) is 18.9 Å². The monoisotopic (exact) mass is 325 g/mol. The number of nitrogens with one attached hydrogen (secondary N) is 1. The van der Waals surface area contributed by atoms with Gasteiger partial charge in [0.15, 0.2) is 0 Å². The Labute approximate surface area is 120 Å². The molecule has 0 amide bonds. The van der Waals surface area contributed by atoms with Gasteiger partial charge in [0.25, 0.3) is 0 Å². The Morgan fingerprint density at radius 2 is 2.06 bits per heavy atom. The predicted molar refractivity (Wildman–Crippen MR) is 70.5 cm³/mol. The molecular formula is C15H15N2Ru. The average molecular weight is 324 g/mol. The minimum atomic E-state index is 0. The van der Waals surface area contributed by atoms with Crippen LogP contribution in [0.25, 0.3) is 10.9 Å². The van der Waals surface area contributed by atoms with E-state index in [1.165, 1.54) is 10.9 Å². The fourth-order valence-corrected chi connectivity index (χ4v) is 2.44. The van der Waals surface area contributed by atoms with E-state index in [1.54, 1.807) is 0 Å². The molecule has 1 aromatic heterocycles. The molecular weight excluding hydrogens is 309 g/mol. The predicted octanol–water partition coefficient (Wildman–Crippen LogP) is 3.39. The quantitative estimate of drug-likeness (QED) is 0.628. The molecule has 2 nitrogen and oxygen atoms in total. The normalized spacial score (nSPS) is 19.4. The van der Waals surface area contributed by atoms with Crippen LogP contribution < -0.4 is 5.32 Å². The first-order valence-corrected chi connectivity index (χ1v) is 5.87. The molecule has 3 heteroatoms. The molecule has 1 atom stereocenters. The molecule has 3 rings (SSSR count). The molecule has 0 aliphatic carbocycles. The first-order chi connectivity index (χ1) is 8.25. The topological polar surface area (TPSA) is 17.0 Å². The zero-order chi connectivity index (χ0) is 11.8. The van der Waals surface area contributed by atoms with Crippen LogP contribution in [0.4, 0.5) is 0 Å². The number of piperidine rings is 1. The third-order valence-electron chi connectivity index (χ3n) is 3.33. The molecule has 1 aliphatic rings. The van der Waals surface area contributed by atoms with Crippen molar-refractivity contribution in [1.29, 1.82) is 0 Å². The van der Waals surface area contributed by atoms with Crippen LogP contribution in [-0.4, -0.2) is 4.57 Å². The van der Waals surface area contributed by atoms with Gasteiger partial charge in [-0.15, -0.1) is 23.8 Å². The number of allylic oxidation sites excluding steroid dienone is 2. The van der Waals surface area contributed by atoms with Gasteiger partial charge < -0.3 is 9.88 Å². The largest absolute Gasteiger partial charge is 1.00 e. The number of hydrogen-bond acceptors (Lipinski definition) is 1. The van der Waals surface area contributed by atoms with E-state index < -0.39 is 0 Å². The molecule has 0 bridgehead atoms. The Morgan fingerprint density at radius 1 is 1.28 bits per heavy atom. The summed E-state index contributed by atoms with van der Waals surface area (Å²) >= 11 is 0. The molecule has 1 unspecified atom stereocenters. The number of benzene rings is 1. The molecule has 1 aliphatic heterocycles. The second-order valence-corrected chi connectivity index (χ2v) is 4.51. The van der Waals surface area contributed by atoms with Crippen molar-refractivity contribution in [1.82, 2.24) is 9.88 Å². The van der Waals surface area contributed by atoms with E-state index in [1.807, 2.05) is 6.07 Å². The van der Waals surface area contributed by atoms with Crippen LogP contribution in [0.3, 0.4) is 0 Å². The van der Waals surface area contributed by atoms with Gasteiger partial charge in [0, 0.05) is 11.4 Å². The van der Waals surface area contributed by atoms with Crippen molar-refractivity contribution in [2.24, 2.45) is 0 Å². The summed E-state index contributed by atoms with van der Waals surface area (Å²) in [6.45, 7) is 8.05. The Bertz CT molecular complexity index is 597. The summed E-state index contributed by atoms with van der Waals surface area (Å²) < 4.78 is 2.18. The number of fused-ring (bicyclic) bond motifs is 1. The molecule has 0 saturated carbocycles. The molecule has 2 heterocycles. The molecule has 1 aromatic carbocycles. The zero-order valence-electron chi connectivity index (χ0n) is 10.1. The van der Waals surface area contributed by atoms with E-state index in [9.17, 15) is 0 Å². The van der Waals surface area contributed by atoms with Gasteiger partial charge in [-0.3, -0.25) is 0 Å². The third-order valence-corrected chi connectivity index (χ3v) is 3.33. The van der Waals surface area contributed by atoms with Crippen molar-refractivity contribution >= 4 is 10.9 Å². The van der Waals surface area contributed by atoms with E-state index in [2.05, 4.69) is 53.5 Å². The van der Waals surface area contributed by atoms with Gasteiger partial charge in [-0.1, -0.05) is 25.3 Å². The number of rotatable bonds is 1. The second-order valence-electron chi connectivity index (χ2n) is 4.51. The summed E-state index contributed by atoms with van der Waals surface area (Å²) in [4.78, 5) is 0. The maximum atomic E-state index is 4.10. The summed E-state index contributed by atoms with van der Waals surface area (Å²) in [6, 6.07) is 10.7. The van der Waals surface area contributed by atoms with Crippen LogP contribution in [-0.2, 0) is 19.5 Å². The van der Waals surface area contributed by atoms with Gasteiger partial charge in [0.05, 0.1) is 6.04 Å². The summed E-state index contributed by atoms with van der Waals surface area (Å²) in [7, 11) is 0. The number of nitrogens with zero attached hydrogens (tertiary/aromatic N) is 1. The van der Waals surface area contributed by atoms with E-state index in [0.717, 1.165) is 24.2 Å². The smallest absolute Gasteiger partial charge is 0.457 e. The minimum absolute atomic E-state index is 0. The van der Waals surface area contributed by atoms with Crippen molar-refractivity contribution in [3.63, 3.8) is 0 Å². The SMILES string of the molecule is C=C1CCC(n2[c-]cc3ccccc32)C(=C)N1.[Ru+]. The molecule has 93 valence electrons. The van der Waals surface area contributed by atoms with Crippen LogP contribution >= 0.6 is 0 Å². The third kappa shape index (κ3) is 2.15. The molecule has 1 saturated heterocycles. The van der Waals surface area contributed by atoms with Gasteiger partial charge in [-0.25, -0.2) is 0 Å². The number of para-hydroxylation sites is 1. The van der Waals surface area contributed by atoms with E-state index in [-0.39, 0.29) is 25.5 Å². The molecule has 1 radical (unpaired) electrons. The maximum absolute atomic E-state index is 4.10. The molecule has 2 aromatic rings. The van der Waals surface area contributed by atoms with Gasteiger partial charge in [0.2, 0.25) is 0 Å². The summed E-state index contributed by atoms with van der Waals surface area (Å²) in [5.41, 5.74) is 3.29. The van der Waals surface area contributed by atoms with Crippen molar-refractivity contribution in [3.05, 3.63) is 61.1 Å². The fraction of sp³-hybridized carbons (Fsp3) is 0.200. The fourth-order valence-electron chi connectivity index (χ4n) is 2.44. The molecule has 18 heavy (non-hydrogen) atoms. The minimum Gasteiger partial charge on any atom is -0.457 e. The van der Waals surface area contributed by atoms with Gasteiger partial charge in [0.1, 0.15) is 0 Å². The van der Waals surface area contributed by atoms with Gasteiger partial charge in [-0.05, 0) is 12.8 Å². The van der Waals surface area contributed by atoms with Crippen LogP contribution in [0, 0.1) is 6.20 Å². The Balaban J connectivity index is 0.00000120. The number of hydrogen-bond donors (Lipinski definition) is 1. The van der Waals surface area contributed by atoms with Crippen LogP contribution in [0.2, 0.25) is 0 Å². The molecule has 0 spiro atoms. The van der Waals surface area contributed by atoms with Crippen molar-refractivity contribution in [2.75, 3.05) is 0 Å². The number of aromatic nitrogens is 1. The van der Waals surface area contributed by atoms with Crippen molar-refractivity contribution < 1.29 is 19.5 Å². The maximum Gasteiger partial charge on any atom is 1.00 e. The summed E-state index contributed by atoms with van der Waals surface area (Å²) in [5.74, 6) is 0. The molecule has 1 N–H and O–H groups in total. The van der Waals surface area contributed by atoms with Crippen LogP contribution in [0.5, 0.6) is 0 Å². The van der Waals surface area contributed by atoms with E-state index in [4.69, 9.17) is 0 Å². The second kappa shape index (κ2) is 5.11. The Morgan fingerprint density at radius 3 is 2.83 bits per heavy atom. The standard InChI is InChI=1S/C15H15N2.Ru/c1-11-7-8-14(12(2)16-11)17-10-9-13-5-3-4-6-15(13)17;/h3-6,9,14,16H,1-2,7-8H2;/q-1;+1. The van der Waals surface area contributed by atoms with Crippen LogP contribution in [0.15, 0.2) is 54.9 Å². The Hall–Kier alpha value is -1.34. The van der Waals surface area contributed by atoms with E-state index in [0.29, 0.717) is 0 Å². The molecule has 1 fully saturated rings. The van der Waals surface area contributed by atoms with Crippen molar-refractivity contribution in [3.8, 4) is 0 Å². The average Bonchev–Trinajstić information content (AvgIpc) is 2.73. The van der Waals surface area contributed by atoms with Gasteiger partial charge in [-0.2, -0.15) is 11.5 Å². The van der Waals surface area contributed by atoms with Gasteiger partial charge >= 0.3 is 19.5 Å². The zero-order valence-corrected chi connectivity index (χ0v) is 11.8. The van der Waals surface area contributed by atoms with E-state index >= 15 is 0 Å².